The summed E-state index contributed by atoms with van der Waals surface area (Å²) in [6.45, 7) is 0.727. The zero-order chi connectivity index (χ0) is 18.7. The molecule has 4 nitrogen and oxygen atoms in total. The largest absolute Gasteiger partial charge is 0.497 e. The van der Waals surface area contributed by atoms with Crippen LogP contribution in [-0.2, 0) is 0 Å². The van der Waals surface area contributed by atoms with Gasteiger partial charge in [0, 0.05) is 30.6 Å². The van der Waals surface area contributed by atoms with Crippen LogP contribution < -0.4 is 4.74 Å². The molecule has 1 fully saturated rings. The predicted octanol–water partition coefficient (Wildman–Crippen LogP) is 3.71. The lowest BCUT2D eigenvalue weighted by Crippen LogP contribution is -2.40. The molecule has 0 saturated carbocycles. The van der Waals surface area contributed by atoms with Gasteiger partial charge in [0.15, 0.2) is 5.78 Å². The third-order valence-corrected chi connectivity index (χ3v) is 4.69. The van der Waals surface area contributed by atoms with Crippen LogP contribution in [0.15, 0.2) is 42.5 Å². The van der Waals surface area contributed by atoms with Crippen LogP contribution in [0.4, 0.5) is 8.78 Å². The van der Waals surface area contributed by atoms with Crippen LogP contribution in [0.2, 0.25) is 0 Å². The maximum Gasteiger partial charge on any atom is 0.256 e. The van der Waals surface area contributed by atoms with Crippen molar-refractivity contribution >= 4 is 11.7 Å². The number of halogens is 2. The van der Waals surface area contributed by atoms with Crippen molar-refractivity contribution in [3.63, 3.8) is 0 Å². The normalized spacial score (nSPS) is 15.0. The Kier molecular flexibility index (Phi) is 5.30. The summed E-state index contributed by atoms with van der Waals surface area (Å²) in [5.41, 5.74) is 0.464. The molecule has 2 aromatic rings. The van der Waals surface area contributed by atoms with Crippen molar-refractivity contribution in [2.24, 2.45) is 5.92 Å². The smallest absolute Gasteiger partial charge is 0.256 e. The average molecular weight is 359 g/mol. The van der Waals surface area contributed by atoms with Gasteiger partial charge in [-0.15, -0.1) is 0 Å². The van der Waals surface area contributed by atoms with Crippen molar-refractivity contribution < 1.29 is 23.1 Å². The molecule has 2 aromatic carbocycles. The number of likely N-dealkylation sites (tertiary alicyclic amines) is 1. The molecule has 0 N–H and O–H groups in total. The maximum absolute atomic E-state index is 13.8. The summed E-state index contributed by atoms with van der Waals surface area (Å²) in [6.07, 6.45) is 1.03. The number of Topliss-reactive ketones (excluding diaryl/α,β-unsaturated/α-hetero) is 1. The molecular formula is C20H19F2NO3. The van der Waals surface area contributed by atoms with Crippen molar-refractivity contribution in [1.82, 2.24) is 4.90 Å². The molecule has 1 saturated heterocycles. The Labute approximate surface area is 150 Å². The van der Waals surface area contributed by atoms with E-state index in [0.717, 1.165) is 12.1 Å². The van der Waals surface area contributed by atoms with Crippen LogP contribution in [0.1, 0.15) is 33.6 Å². The Morgan fingerprint density at radius 3 is 2.27 bits per heavy atom. The molecule has 0 bridgehead atoms. The van der Waals surface area contributed by atoms with Gasteiger partial charge in [0.2, 0.25) is 0 Å². The van der Waals surface area contributed by atoms with Gasteiger partial charge in [-0.1, -0.05) is 0 Å². The Hall–Kier alpha value is -2.76. The fourth-order valence-electron chi connectivity index (χ4n) is 3.17. The molecule has 1 aliphatic heterocycles. The minimum absolute atomic E-state index is 0.0349. The first-order chi connectivity index (χ1) is 12.5. The highest BCUT2D eigenvalue weighted by Gasteiger charge is 2.29. The van der Waals surface area contributed by atoms with E-state index in [1.54, 1.807) is 31.4 Å². The first-order valence-corrected chi connectivity index (χ1v) is 8.42. The lowest BCUT2D eigenvalue weighted by molar-refractivity contribution is 0.0646. The third kappa shape index (κ3) is 3.74. The number of amides is 1. The number of ether oxygens (including phenoxy) is 1. The first-order valence-electron chi connectivity index (χ1n) is 8.42. The second-order valence-electron chi connectivity index (χ2n) is 6.28. The summed E-state index contributed by atoms with van der Waals surface area (Å²) in [4.78, 5) is 26.5. The highest BCUT2D eigenvalue weighted by atomic mass is 19.1. The number of rotatable bonds is 4. The van der Waals surface area contributed by atoms with Crippen LogP contribution >= 0.6 is 0 Å². The van der Waals surface area contributed by atoms with E-state index in [-0.39, 0.29) is 17.3 Å². The number of hydrogen-bond donors (Lipinski definition) is 0. The summed E-state index contributed by atoms with van der Waals surface area (Å²) in [7, 11) is 1.56. The number of piperidine rings is 1. The molecule has 0 radical (unpaired) electrons. The second kappa shape index (κ2) is 7.64. The number of nitrogens with zero attached hydrogens (tertiary/aromatic N) is 1. The Morgan fingerprint density at radius 2 is 1.69 bits per heavy atom. The van der Waals surface area contributed by atoms with Gasteiger partial charge in [-0.2, -0.15) is 0 Å². The summed E-state index contributed by atoms with van der Waals surface area (Å²) < 4.78 is 31.9. The molecule has 6 heteroatoms. The van der Waals surface area contributed by atoms with Gasteiger partial charge in [0.25, 0.3) is 5.91 Å². The van der Waals surface area contributed by atoms with Crippen molar-refractivity contribution in [3.05, 3.63) is 65.2 Å². The number of hydrogen-bond acceptors (Lipinski definition) is 3. The van der Waals surface area contributed by atoms with Crippen LogP contribution in [0, 0.1) is 17.6 Å². The number of carbonyl (C=O) groups is 2. The van der Waals surface area contributed by atoms with Crippen LogP contribution in [-0.4, -0.2) is 36.8 Å². The van der Waals surface area contributed by atoms with E-state index < -0.39 is 17.5 Å². The molecule has 3 rings (SSSR count). The van der Waals surface area contributed by atoms with Gasteiger partial charge in [-0.05, 0) is 49.2 Å². The van der Waals surface area contributed by atoms with Gasteiger partial charge in [-0.3, -0.25) is 9.59 Å². The van der Waals surface area contributed by atoms with Crippen molar-refractivity contribution in [2.45, 2.75) is 12.8 Å². The van der Waals surface area contributed by atoms with Gasteiger partial charge in [0.05, 0.1) is 12.7 Å². The van der Waals surface area contributed by atoms with Crippen LogP contribution in [0.25, 0.3) is 0 Å². The van der Waals surface area contributed by atoms with E-state index in [1.165, 1.54) is 4.90 Å². The Morgan fingerprint density at radius 1 is 1.04 bits per heavy atom. The summed E-state index contributed by atoms with van der Waals surface area (Å²) >= 11 is 0. The lowest BCUT2D eigenvalue weighted by atomic mass is 9.88. The van der Waals surface area contributed by atoms with E-state index in [1.807, 2.05) is 0 Å². The summed E-state index contributed by atoms with van der Waals surface area (Å²) in [5, 5.41) is 0. The molecule has 0 atom stereocenters. The van der Waals surface area contributed by atoms with E-state index in [4.69, 9.17) is 4.74 Å². The lowest BCUT2D eigenvalue weighted by Gasteiger charge is -2.31. The van der Waals surface area contributed by atoms with Crippen LogP contribution in [0.5, 0.6) is 5.75 Å². The average Bonchev–Trinajstić information content (AvgIpc) is 2.67. The zero-order valence-electron chi connectivity index (χ0n) is 14.4. The van der Waals surface area contributed by atoms with Crippen molar-refractivity contribution in [3.8, 4) is 5.75 Å². The number of ketones is 1. The molecular weight excluding hydrogens is 340 g/mol. The fraction of sp³-hybridized carbons (Fsp3) is 0.300. The third-order valence-electron chi connectivity index (χ3n) is 4.69. The van der Waals surface area contributed by atoms with E-state index >= 15 is 0 Å². The summed E-state index contributed by atoms with van der Waals surface area (Å²) in [6, 6.07) is 9.86. The van der Waals surface area contributed by atoms with Crippen molar-refractivity contribution in [2.75, 3.05) is 20.2 Å². The van der Waals surface area contributed by atoms with E-state index in [0.29, 0.717) is 43.3 Å². The van der Waals surface area contributed by atoms with Gasteiger partial charge < -0.3 is 9.64 Å². The summed E-state index contributed by atoms with van der Waals surface area (Å²) in [5.74, 6) is -1.52. The SMILES string of the molecule is COc1ccc(C(=O)C2CCN(C(=O)c3ccc(F)cc3F)CC2)cc1. The van der Waals surface area contributed by atoms with Gasteiger partial charge >= 0.3 is 0 Å². The molecule has 26 heavy (non-hydrogen) atoms. The molecule has 136 valence electrons. The fourth-order valence-corrected chi connectivity index (χ4v) is 3.17. The molecule has 1 heterocycles. The first kappa shape index (κ1) is 18.0. The minimum Gasteiger partial charge on any atom is -0.497 e. The molecule has 0 spiro atoms. The monoisotopic (exact) mass is 359 g/mol. The van der Waals surface area contributed by atoms with E-state index in [9.17, 15) is 18.4 Å². The standard InChI is InChI=1S/C20H19F2NO3/c1-26-16-5-2-13(3-6-16)19(24)14-8-10-23(11-9-14)20(25)17-7-4-15(21)12-18(17)22/h2-7,12,14H,8-11H2,1H3. The topological polar surface area (TPSA) is 46.6 Å². The van der Waals surface area contributed by atoms with Gasteiger partial charge in [0.1, 0.15) is 17.4 Å². The highest BCUT2D eigenvalue weighted by molar-refractivity contribution is 5.98. The van der Waals surface area contributed by atoms with Crippen molar-refractivity contribution in [1.29, 1.82) is 0 Å². The predicted molar refractivity (Wildman–Crippen MR) is 92.3 cm³/mol. The molecule has 1 amide bonds. The van der Waals surface area contributed by atoms with Crippen LogP contribution in [0.3, 0.4) is 0 Å². The maximum atomic E-state index is 13.8. The quantitative estimate of drug-likeness (QED) is 0.782. The Balaban J connectivity index is 1.63. The zero-order valence-corrected chi connectivity index (χ0v) is 14.4. The van der Waals surface area contributed by atoms with E-state index in [2.05, 4.69) is 0 Å². The second-order valence-corrected chi connectivity index (χ2v) is 6.28. The Bertz CT molecular complexity index is 812. The highest BCUT2D eigenvalue weighted by Crippen LogP contribution is 2.24. The molecule has 0 aliphatic carbocycles. The molecule has 0 unspecified atom stereocenters. The minimum atomic E-state index is -0.869. The van der Waals surface area contributed by atoms with Gasteiger partial charge in [-0.25, -0.2) is 8.78 Å². The number of methoxy groups -OCH3 is 1. The number of benzene rings is 2. The molecule has 0 aromatic heterocycles. The molecule has 1 aliphatic rings. The number of carbonyl (C=O) groups excluding carboxylic acids is 2.